The van der Waals surface area contributed by atoms with Gasteiger partial charge in [-0.15, -0.1) is 0 Å². The zero-order valence-electron chi connectivity index (χ0n) is 14.4. The molecule has 0 saturated heterocycles. The molecule has 24 heavy (non-hydrogen) atoms. The lowest BCUT2D eigenvalue weighted by Crippen LogP contribution is -2.21. The molecule has 1 heterocycles. The maximum absolute atomic E-state index is 14.2. The Hall–Kier alpha value is -1.63. The van der Waals surface area contributed by atoms with Crippen LogP contribution in [0.1, 0.15) is 33.1 Å². The van der Waals surface area contributed by atoms with E-state index in [1.165, 1.54) is 0 Å². The molecule has 0 bridgehead atoms. The molecule has 1 aliphatic rings. The van der Waals surface area contributed by atoms with Gasteiger partial charge in [-0.3, -0.25) is 0 Å². The molecule has 1 atom stereocenters. The van der Waals surface area contributed by atoms with E-state index >= 15 is 0 Å². The van der Waals surface area contributed by atoms with Crippen molar-refractivity contribution >= 4 is 17.8 Å². The Morgan fingerprint density at radius 1 is 1.00 bits per heavy atom. The van der Waals surface area contributed by atoms with Crippen LogP contribution in [0, 0.1) is 0 Å². The maximum Gasteiger partial charge on any atom is 0.169 e. The lowest BCUT2D eigenvalue weighted by atomic mass is 10.00. The van der Waals surface area contributed by atoms with Crippen LogP contribution in [0.15, 0.2) is 72.1 Å². The number of rotatable bonds is 6. The summed E-state index contributed by atoms with van der Waals surface area (Å²) in [6, 6.07) is 19.6. The molecule has 1 unspecified atom stereocenters. The highest BCUT2D eigenvalue weighted by Crippen LogP contribution is 2.55. The van der Waals surface area contributed by atoms with Gasteiger partial charge in [0.05, 0.1) is 12.2 Å². The van der Waals surface area contributed by atoms with Crippen LogP contribution >= 0.6 is 7.14 Å². The second-order valence-electron chi connectivity index (χ2n) is 6.62. The van der Waals surface area contributed by atoms with Gasteiger partial charge in [0.25, 0.3) is 0 Å². The first-order valence-corrected chi connectivity index (χ1v) is 10.4. The van der Waals surface area contributed by atoms with Gasteiger partial charge in [0.2, 0.25) is 0 Å². The van der Waals surface area contributed by atoms with E-state index in [0.29, 0.717) is 6.61 Å². The Morgan fingerprint density at radius 3 is 2.04 bits per heavy atom. The third-order valence-electron chi connectivity index (χ3n) is 4.69. The molecule has 2 aromatic carbocycles. The molecule has 126 valence electrons. The smallest absolute Gasteiger partial charge is 0.169 e. The Morgan fingerprint density at radius 2 is 1.54 bits per heavy atom. The van der Waals surface area contributed by atoms with E-state index in [0.717, 1.165) is 35.2 Å². The Kier molecular flexibility index (Phi) is 5.08. The van der Waals surface area contributed by atoms with E-state index in [1.54, 1.807) is 0 Å². The number of hydrogen-bond donors (Lipinski definition) is 0. The molecule has 0 spiro atoms. The van der Waals surface area contributed by atoms with Crippen LogP contribution in [0.5, 0.6) is 0 Å². The lowest BCUT2D eigenvalue weighted by Gasteiger charge is -2.20. The van der Waals surface area contributed by atoms with Crippen molar-refractivity contribution in [3.63, 3.8) is 0 Å². The molecule has 0 saturated carbocycles. The van der Waals surface area contributed by atoms with Gasteiger partial charge in [-0.05, 0) is 19.4 Å². The second-order valence-corrected chi connectivity index (χ2v) is 9.45. The first-order chi connectivity index (χ1) is 11.6. The fraction of sp³-hybridized carbons (Fsp3) is 0.333. The molecular weight excluding hydrogens is 315 g/mol. The number of benzene rings is 2. The third kappa shape index (κ3) is 3.27. The Bertz CT molecular complexity index is 708. The number of ether oxygens (including phenoxy) is 1. The van der Waals surface area contributed by atoms with E-state index in [2.05, 4.69) is 19.9 Å². The fourth-order valence-electron chi connectivity index (χ4n) is 3.29. The van der Waals surface area contributed by atoms with E-state index in [-0.39, 0.29) is 5.60 Å². The zero-order valence-corrected chi connectivity index (χ0v) is 15.3. The van der Waals surface area contributed by atoms with Crippen LogP contribution < -0.4 is 10.6 Å². The average Bonchev–Trinajstić information content (AvgIpc) is 3.04. The Balaban J connectivity index is 2.08. The summed E-state index contributed by atoms with van der Waals surface area (Å²) in [5.41, 5.74) is -0.301. The Labute approximate surface area is 144 Å². The lowest BCUT2D eigenvalue weighted by molar-refractivity contribution is 0.0324. The summed E-state index contributed by atoms with van der Waals surface area (Å²) in [6.45, 7) is 4.74. The minimum absolute atomic E-state index is 0.301. The summed E-state index contributed by atoms with van der Waals surface area (Å²) in [7, 11) is -2.85. The largest absolute Gasteiger partial charge is 0.366 e. The molecule has 1 aliphatic heterocycles. The molecule has 0 aromatic heterocycles. The minimum Gasteiger partial charge on any atom is -0.366 e. The minimum atomic E-state index is -2.85. The summed E-state index contributed by atoms with van der Waals surface area (Å²) in [4.78, 5) is 0. The van der Waals surface area contributed by atoms with Crippen LogP contribution in [-0.2, 0) is 9.30 Å². The van der Waals surface area contributed by atoms with Gasteiger partial charge in [0.15, 0.2) is 7.14 Å². The van der Waals surface area contributed by atoms with Crippen molar-refractivity contribution in [1.82, 2.24) is 0 Å². The molecule has 2 nitrogen and oxygen atoms in total. The van der Waals surface area contributed by atoms with Gasteiger partial charge in [0.1, 0.15) is 0 Å². The summed E-state index contributed by atoms with van der Waals surface area (Å²) < 4.78 is 20.3. The van der Waals surface area contributed by atoms with E-state index in [1.807, 2.05) is 60.7 Å². The van der Waals surface area contributed by atoms with Crippen molar-refractivity contribution in [1.29, 1.82) is 0 Å². The van der Waals surface area contributed by atoms with Crippen LogP contribution in [0.2, 0.25) is 0 Å². The summed E-state index contributed by atoms with van der Waals surface area (Å²) in [6.07, 6.45) is 5.35. The SMILES string of the molecule is CCCCC1(C)C=C(P(=O)(c2ccccc2)c2ccccc2)CO1. The molecule has 0 fully saturated rings. The van der Waals surface area contributed by atoms with E-state index < -0.39 is 7.14 Å². The highest BCUT2D eigenvalue weighted by atomic mass is 31.2. The van der Waals surface area contributed by atoms with Crippen molar-refractivity contribution in [3.05, 3.63) is 72.1 Å². The maximum atomic E-state index is 14.2. The van der Waals surface area contributed by atoms with Gasteiger partial charge >= 0.3 is 0 Å². The molecule has 2 aromatic rings. The van der Waals surface area contributed by atoms with Gasteiger partial charge in [-0.2, -0.15) is 0 Å². The molecule has 0 N–H and O–H groups in total. The molecule has 3 heteroatoms. The predicted octanol–water partition coefficient (Wildman–Crippen LogP) is 4.86. The van der Waals surface area contributed by atoms with Gasteiger partial charge in [0, 0.05) is 15.9 Å². The molecule has 0 amide bonds. The molecule has 0 aliphatic carbocycles. The van der Waals surface area contributed by atoms with E-state index in [4.69, 9.17) is 4.74 Å². The van der Waals surface area contributed by atoms with Gasteiger partial charge in [-0.1, -0.05) is 80.4 Å². The van der Waals surface area contributed by atoms with Crippen molar-refractivity contribution < 1.29 is 9.30 Å². The third-order valence-corrected chi connectivity index (χ3v) is 7.81. The van der Waals surface area contributed by atoms with Gasteiger partial charge in [-0.25, -0.2) is 0 Å². The summed E-state index contributed by atoms with van der Waals surface area (Å²) in [5.74, 6) is 0. The summed E-state index contributed by atoms with van der Waals surface area (Å²) >= 11 is 0. The van der Waals surface area contributed by atoms with E-state index in [9.17, 15) is 4.57 Å². The van der Waals surface area contributed by atoms with Gasteiger partial charge < -0.3 is 9.30 Å². The van der Waals surface area contributed by atoms with Crippen LogP contribution in [0.3, 0.4) is 0 Å². The van der Waals surface area contributed by atoms with Crippen molar-refractivity contribution in [3.8, 4) is 0 Å². The fourth-order valence-corrected chi connectivity index (χ4v) is 6.13. The zero-order chi connectivity index (χ0) is 17.0. The number of unbranched alkanes of at least 4 members (excludes halogenated alkanes) is 1. The first kappa shape index (κ1) is 17.2. The normalized spacial score (nSPS) is 20.8. The topological polar surface area (TPSA) is 26.3 Å². The summed E-state index contributed by atoms with van der Waals surface area (Å²) in [5, 5.41) is 2.69. The molecule has 0 radical (unpaired) electrons. The monoisotopic (exact) mass is 340 g/mol. The average molecular weight is 340 g/mol. The van der Waals surface area contributed by atoms with Crippen molar-refractivity contribution in [2.24, 2.45) is 0 Å². The van der Waals surface area contributed by atoms with Crippen molar-refractivity contribution in [2.45, 2.75) is 38.7 Å². The highest BCUT2D eigenvalue weighted by Gasteiger charge is 2.39. The molecular formula is C21H25O2P. The van der Waals surface area contributed by atoms with Crippen LogP contribution in [0.25, 0.3) is 0 Å². The number of hydrogen-bond acceptors (Lipinski definition) is 2. The standard InChI is InChI=1S/C21H25O2P/c1-3-4-15-21(2)16-20(17-23-21)24(22,18-11-7-5-8-12-18)19-13-9-6-10-14-19/h5-14,16H,3-4,15,17H2,1-2H3. The predicted molar refractivity (Wildman–Crippen MR) is 102 cm³/mol. The first-order valence-electron chi connectivity index (χ1n) is 8.66. The molecule has 3 rings (SSSR count). The quantitative estimate of drug-likeness (QED) is 0.702. The second kappa shape index (κ2) is 7.09. The van der Waals surface area contributed by atoms with Crippen molar-refractivity contribution in [2.75, 3.05) is 6.61 Å². The van der Waals surface area contributed by atoms with Crippen LogP contribution in [0.4, 0.5) is 0 Å². The highest BCUT2D eigenvalue weighted by molar-refractivity contribution is 7.82. The van der Waals surface area contributed by atoms with Crippen LogP contribution in [-0.4, -0.2) is 12.2 Å².